The van der Waals surface area contributed by atoms with Crippen molar-refractivity contribution in [2.75, 3.05) is 0 Å². The van der Waals surface area contributed by atoms with E-state index in [0.717, 1.165) is 5.56 Å². The molecule has 0 unspecified atom stereocenters. The first kappa shape index (κ1) is 10.3. The summed E-state index contributed by atoms with van der Waals surface area (Å²) in [5, 5.41) is 2.41. The number of aromatic nitrogens is 1. The van der Waals surface area contributed by atoms with E-state index in [2.05, 4.69) is 4.98 Å². The summed E-state index contributed by atoms with van der Waals surface area (Å²) in [7, 11) is 0. The van der Waals surface area contributed by atoms with Gasteiger partial charge in [-0.2, -0.15) is 0 Å². The van der Waals surface area contributed by atoms with E-state index in [4.69, 9.17) is 11.6 Å². The van der Waals surface area contributed by atoms with Gasteiger partial charge in [-0.3, -0.25) is 4.79 Å². The van der Waals surface area contributed by atoms with Crippen LogP contribution in [0.25, 0.3) is 0 Å². The lowest BCUT2D eigenvalue weighted by Crippen LogP contribution is -2.03. The van der Waals surface area contributed by atoms with E-state index in [1.165, 1.54) is 11.3 Å². The zero-order chi connectivity index (χ0) is 10.7. The molecule has 4 heteroatoms. The van der Waals surface area contributed by atoms with Gasteiger partial charge in [0.05, 0.1) is 5.51 Å². The Labute approximate surface area is 96.5 Å². The molecule has 0 aliphatic carbocycles. The first-order valence-corrected chi connectivity index (χ1v) is 5.73. The van der Waals surface area contributed by atoms with E-state index in [1.807, 2.05) is 12.1 Å². The molecule has 1 aromatic carbocycles. The zero-order valence-corrected chi connectivity index (χ0v) is 9.39. The number of Topliss-reactive ketones (excluding diaryl/α,β-unsaturated/α-hetero) is 1. The number of ketones is 1. The van der Waals surface area contributed by atoms with Crippen LogP contribution in [-0.4, -0.2) is 10.8 Å². The molecule has 15 heavy (non-hydrogen) atoms. The van der Waals surface area contributed by atoms with Crippen molar-refractivity contribution in [3.8, 4) is 0 Å². The molecule has 0 saturated carbocycles. The average molecular weight is 238 g/mol. The average Bonchev–Trinajstić information content (AvgIpc) is 2.70. The second kappa shape index (κ2) is 4.55. The third kappa shape index (κ3) is 2.64. The van der Waals surface area contributed by atoms with E-state index in [1.54, 1.807) is 23.0 Å². The molecule has 0 radical (unpaired) electrons. The molecular weight excluding hydrogens is 230 g/mol. The number of rotatable bonds is 3. The molecule has 2 rings (SSSR count). The van der Waals surface area contributed by atoms with Crippen molar-refractivity contribution in [1.82, 2.24) is 4.98 Å². The van der Waals surface area contributed by atoms with E-state index in [0.29, 0.717) is 17.1 Å². The number of hydrogen-bond donors (Lipinski definition) is 0. The van der Waals surface area contributed by atoms with Crippen LogP contribution in [0.15, 0.2) is 35.2 Å². The topological polar surface area (TPSA) is 30.0 Å². The molecule has 1 aromatic heterocycles. The lowest BCUT2D eigenvalue weighted by molar-refractivity contribution is 0.0989. The third-order valence-electron chi connectivity index (χ3n) is 1.97. The molecule has 0 fully saturated rings. The van der Waals surface area contributed by atoms with Crippen LogP contribution in [0, 0.1) is 0 Å². The smallest absolute Gasteiger partial charge is 0.186 e. The SMILES string of the molecule is O=C(Cc1cccc(Cl)c1)c1cscn1. The number of benzene rings is 1. The minimum absolute atomic E-state index is 0.0264. The molecule has 76 valence electrons. The Kier molecular flexibility index (Phi) is 3.14. The monoisotopic (exact) mass is 237 g/mol. The van der Waals surface area contributed by atoms with Gasteiger partial charge in [-0.1, -0.05) is 23.7 Å². The van der Waals surface area contributed by atoms with Crippen molar-refractivity contribution in [2.24, 2.45) is 0 Å². The van der Waals surface area contributed by atoms with Crippen molar-refractivity contribution in [2.45, 2.75) is 6.42 Å². The van der Waals surface area contributed by atoms with E-state index >= 15 is 0 Å². The van der Waals surface area contributed by atoms with Crippen molar-refractivity contribution in [1.29, 1.82) is 0 Å². The Morgan fingerprint density at radius 2 is 2.33 bits per heavy atom. The van der Waals surface area contributed by atoms with E-state index < -0.39 is 0 Å². The summed E-state index contributed by atoms with van der Waals surface area (Å²) in [6.07, 6.45) is 0.351. The van der Waals surface area contributed by atoms with Gasteiger partial charge in [0.15, 0.2) is 5.78 Å². The molecule has 0 N–H and O–H groups in total. The Morgan fingerprint density at radius 1 is 1.47 bits per heavy atom. The molecule has 0 spiro atoms. The standard InChI is InChI=1S/C11H8ClNOS/c12-9-3-1-2-8(4-9)5-11(14)10-6-15-7-13-10/h1-4,6-7H,5H2. The Bertz CT molecular complexity index is 467. The van der Waals surface area contributed by atoms with Crippen LogP contribution >= 0.6 is 22.9 Å². The summed E-state index contributed by atoms with van der Waals surface area (Å²) in [6.45, 7) is 0. The minimum Gasteiger partial charge on any atom is -0.292 e. The summed E-state index contributed by atoms with van der Waals surface area (Å²) < 4.78 is 0. The number of hydrogen-bond acceptors (Lipinski definition) is 3. The number of nitrogens with zero attached hydrogens (tertiary/aromatic N) is 1. The van der Waals surface area contributed by atoms with Crippen LogP contribution < -0.4 is 0 Å². The summed E-state index contributed by atoms with van der Waals surface area (Å²) in [5.41, 5.74) is 3.10. The van der Waals surface area contributed by atoms with Gasteiger partial charge >= 0.3 is 0 Å². The maximum Gasteiger partial charge on any atom is 0.186 e. The maximum atomic E-state index is 11.7. The molecule has 0 bridgehead atoms. The second-order valence-electron chi connectivity index (χ2n) is 3.10. The highest BCUT2D eigenvalue weighted by Gasteiger charge is 2.08. The van der Waals surface area contributed by atoms with Crippen LogP contribution in [0.4, 0.5) is 0 Å². The maximum absolute atomic E-state index is 11.7. The predicted octanol–water partition coefficient (Wildman–Crippen LogP) is 3.22. The molecule has 0 aliphatic rings. The minimum atomic E-state index is 0.0264. The van der Waals surface area contributed by atoms with E-state index in [-0.39, 0.29) is 5.78 Å². The Morgan fingerprint density at radius 3 is 3.00 bits per heavy atom. The molecule has 0 aliphatic heterocycles. The highest BCUT2D eigenvalue weighted by molar-refractivity contribution is 7.07. The van der Waals surface area contributed by atoms with Crippen LogP contribution in [-0.2, 0) is 6.42 Å². The number of thiazole rings is 1. The van der Waals surface area contributed by atoms with Crippen molar-refractivity contribution >= 4 is 28.7 Å². The Balaban J connectivity index is 2.13. The van der Waals surface area contributed by atoms with Gasteiger partial charge in [0, 0.05) is 16.8 Å². The van der Waals surface area contributed by atoms with Gasteiger partial charge in [-0.05, 0) is 17.7 Å². The molecule has 1 heterocycles. The van der Waals surface area contributed by atoms with Gasteiger partial charge in [0.1, 0.15) is 5.69 Å². The highest BCUT2D eigenvalue weighted by atomic mass is 35.5. The predicted molar refractivity (Wildman–Crippen MR) is 61.6 cm³/mol. The van der Waals surface area contributed by atoms with Crippen molar-refractivity contribution in [3.05, 3.63) is 51.4 Å². The molecular formula is C11H8ClNOS. The third-order valence-corrected chi connectivity index (χ3v) is 2.79. The quantitative estimate of drug-likeness (QED) is 0.768. The van der Waals surface area contributed by atoms with Gasteiger partial charge in [0.2, 0.25) is 0 Å². The normalized spacial score (nSPS) is 10.2. The summed E-state index contributed by atoms with van der Waals surface area (Å²) >= 11 is 7.25. The molecule has 0 saturated heterocycles. The fourth-order valence-corrected chi connectivity index (χ4v) is 2.04. The van der Waals surface area contributed by atoms with Crippen molar-refractivity contribution < 1.29 is 4.79 Å². The molecule has 2 nitrogen and oxygen atoms in total. The lowest BCUT2D eigenvalue weighted by atomic mass is 10.1. The summed E-state index contributed by atoms with van der Waals surface area (Å²) in [4.78, 5) is 15.7. The fourth-order valence-electron chi connectivity index (χ4n) is 1.27. The number of carbonyl (C=O) groups excluding carboxylic acids is 1. The molecule has 0 amide bonds. The van der Waals surface area contributed by atoms with Gasteiger partial charge in [-0.25, -0.2) is 4.98 Å². The first-order valence-electron chi connectivity index (χ1n) is 4.41. The lowest BCUT2D eigenvalue weighted by Gasteiger charge is -1.99. The summed E-state index contributed by atoms with van der Waals surface area (Å²) in [5.74, 6) is 0.0264. The molecule has 0 atom stereocenters. The van der Waals surface area contributed by atoms with Crippen LogP contribution in [0.1, 0.15) is 16.1 Å². The van der Waals surface area contributed by atoms with Gasteiger partial charge < -0.3 is 0 Å². The van der Waals surface area contributed by atoms with Crippen molar-refractivity contribution in [3.63, 3.8) is 0 Å². The second-order valence-corrected chi connectivity index (χ2v) is 4.26. The van der Waals surface area contributed by atoms with Crippen LogP contribution in [0.3, 0.4) is 0 Å². The zero-order valence-electron chi connectivity index (χ0n) is 7.81. The number of halogens is 1. The van der Waals surface area contributed by atoms with Crippen LogP contribution in [0.2, 0.25) is 5.02 Å². The first-order chi connectivity index (χ1) is 7.25. The summed E-state index contributed by atoms with van der Waals surface area (Å²) in [6, 6.07) is 7.31. The van der Waals surface area contributed by atoms with Crippen LogP contribution in [0.5, 0.6) is 0 Å². The highest BCUT2D eigenvalue weighted by Crippen LogP contribution is 2.13. The van der Waals surface area contributed by atoms with E-state index in [9.17, 15) is 4.79 Å². The fraction of sp³-hybridized carbons (Fsp3) is 0.0909. The number of carbonyl (C=O) groups is 1. The Hall–Kier alpha value is -1.19. The van der Waals surface area contributed by atoms with Gasteiger partial charge in [-0.15, -0.1) is 11.3 Å². The van der Waals surface area contributed by atoms with Gasteiger partial charge in [0.25, 0.3) is 0 Å². The molecule has 2 aromatic rings. The largest absolute Gasteiger partial charge is 0.292 e.